The lowest BCUT2D eigenvalue weighted by Crippen LogP contribution is -2.04. The van der Waals surface area contributed by atoms with E-state index in [0.717, 1.165) is 0 Å². The van der Waals surface area contributed by atoms with Crippen molar-refractivity contribution in [1.29, 1.82) is 0 Å². The standard InChI is InChI=1S/C13H15N3O2/c1-9-5-4-6-10(2)12(9)7-15-8-14-13(11(15)3)16(17)18/h4-6,8H,7H2,1-3H3. The van der Waals surface area contributed by atoms with Crippen LogP contribution in [0.15, 0.2) is 24.5 Å². The van der Waals surface area contributed by atoms with Gasteiger partial charge in [0.1, 0.15) is 5.69 Å². The SMILES string of the molecule is Cc1cccc(C)c1Cn1cnc([N+](=O)[O-])c1C. The molecule has 0 N–H and O–H groups in total. The summed E-state index contributed by atoms with van der Waals surface area (Å²) in [4.78, 5) is 14.1. The normalized spacial score (nSPS) is 10.6. The first-order valence-corrected chi connectivity index (χ1v) is 5.72. The number of benzene rings is 1. The molecule has 1 aromatic carbocycles. The average molecular weight is 245 g/mol. The maximum Gasteiger partial charge on any atom is 0.384 e. The minimum atomic E-state index is -0.448. The number of imidazole rings is 1. The molecule has 0 amide bonds. The molecular formula is C13H15N3O2. The average Bonchev–Trinajstić information content (AvgIpc) is 2.66. The maximum atomic E-state index is 10.8. The van der Waals surface area contributed by atoms with Gasteiger partial charge in [-0.2, -0.15) is 0 Å². The summed E-state index contributed by atoms with van der Waals surface area (Å²) < 4.78 is 1.81. The van der Waals surface area contributed by atoms with Crippen molar-refractivity contribution >= 4 is 5.82 Å². The van der Waals surface area contributed by atoms with Crippen LogP contribution in [0.3, 0.4) is 0 Å². The Morgan fingerprint density at radius 2 is 1.89 bits per heavy atom. The van der Waals surface area contributed by atoms with Gasteiger partial charge >= 0.3 is 5.82 Å². The summed E-state index contributed by atoms with van der Waals surface area (Å²) in [6, 6.07) is 6.10. The van der Waals surface area contributed by atoms with Crippen molar-refractivity contribution in [1.82, 2.24) is 9.55 Å². The molecule has 1 heterocycles. The van der Waals surface area contributed by atoms with E-state index in [4.69, 9.17) is 0 Å². The molecule has 2 aromatic rings. The van der Waals surface area contributed by atoms with Crippen LogP contribution >= 0.6 is 0 Å². The fourth-order valence-electron chi connectivity index (χ4n) is 2.04. The molecule has 0 aliphatic heterocycles. The van der Waals surface area contributed by atoms with E-state index in [9.17, 15) is 10.1 Å². The number of hydrogen-bond acceptors (Lipinski definition) is 3. The Hall–Kier alpha value is -2.17. The first-order valence-electron chi connectivity index (χ1n) is 5.72. The van der Waals surface area contributed by atoms with E-state index < -0.39 is 4.92 Å². The highest BCUT2D eigenvalue weighted by Crippen LogP contribution is 2.19. The molecule has 0 aliphatic carbocycles. The summed E-state index contributed by atoms with van der Waals surface area (Å²) >= 11 is 0. The van der Waals surface area contributed by atoms with Gasteiger partial charge in [-0.05, 0) is 47.4 Å². The second-order valence-electron chi connectivity index (χ2n) is 4.41. The van der Waals surface area contributed by atoms with Gasteiger partial charge in [0.15, 0.2) is 0 Å². The monoisotopic (exact) mass is 245 g/mol. The quantitative estimate of drug-likeness (QED) is 0.617. The van der Waals surface area contributed by atoms with E-state index in [2.05, 4.69) is 4.98 Å². The van der Waals surface area contributed by atoms with E-state index >= 15 is 0 Å². The molecule has 0 atom stereocenters. The van der Waals surface area contributed by atoms with Crippen LogP contribution in [0.1, 0.15) is 22.4 Å². The second kappa shape index (κ2) is 4.60. The van der Waals surface area contributed by atoms with Crippen LogP contribution in [0, 0.1) is 30.9 Å². The molecule has 0 aliphatic rings. The van der Waals surface area contributed by atoms with Gasteiger partial charge in [-0.3, -0.25) is 0 Å². The van der Waals surface area contributed by atoms with Crippen molar-refractivity contribution in [2.75, 3.05) is 0 Å². The molecule has 0 saturated carbocycles. The fourth-order valence-corrected chi connectivity index (χ4v) is 2.04. The van der Waals surface area contributed by atoms with Crippen LogP contribution in [0.4, 0.5) is 5.82 Å². The van der Waals surface area contributed by atoms with Gasteiger partial charge in [0.2, 0.25) is 6.33 Å². The Labute approximate surface area is 105 Å². The third kappa shape index (κ3) is 2.11. The topological polar surface area (TPSA) is 61.0 Å². The van der Waals surface area contributed by atoms with Crippen LogP contribution in [0.5, 0.6) is 0 Å². The lowest BCUT2D eigenvalue weighted by atomic mass is 10.0. The summed E-state index contributed by atoms with van der Waals surface area (Å²) in [6.07, 6.45) is 1.53. The summed E-state index contributed by atoms with van der Waals surface area (Å²) in [5.74, 6) is -0.0683. The van der Waals surface area contributed by atoms with Crippen molar-refractivity contribution < 1.29 is 4.92 Å². The lowest BCUT2D eigenvalue weighted by molar-refractivity contribution is -0.389. The number of hydrogen-bond donors (Lipinski definition) is 0. The number of aromatic nitrogens is 2. The number of aryl methyl sites for hydroxylation is 2. The van der Waals surface area contributed by atoms with Crippen molar-refractivity contribution in [3.8, 4) is 0 Å². The highest BCUT2D eigenvalue weighted by molar-refractivity contribution is 5.35. The van der Waals surface area contributed by atoms with Crippen LogP contribution in [0.2, 0.25) is 0 Å². The first kappa shape index (κ1) is 12.3. The van der Waals surface area contributed by atoms with Crippen molar-refractivity contribution in [2.24, 2.45) is 0 Å². The van der Waals surface area contributed by atoms with E-state index in [-0.39, 0.29) is 5.82 Å². The number of nitro groups is 1. The second-order valence-corrected chi connectivity index (χ2v) is 4.41. The Bertz CT molecular complexity index is 582. The predicted molar refractivity (Wildman–Crippen MR) is 68.6 cm³/mol. The van der Waals surface area contributed by atoms with E-state index in [1.54, 1.807) is 6.92 Å². The third-order valence-corrected chi connectivity index (χ3v) is 3.22. The Morgan fingerprint density at radius 1 is 1.28 bits per heavy atom. The van der Waals surface area contributed by atoms with Crippen LogP contribution < -0.4 is 0 Å². The zero-order valence-electron chi connectivity index (χ0n) is 10.7. The summed E-state index contributed by atoms with van der Waals surface area (Å²) in [6.45, 7) is 6.43. The Morgan fingerprint density at radius 3 is 2.39 bits per heavy atom. The highest BCUT2D eigenvalue weighted by atomic mass is 16.6. The first-order chi connectivity index (χ1) is 8.50. The van der Waals surface area contributed by atoms with Gasteiger partial charge in [0.25, 0.3) is 0 Å². The molecule has 18 heavy (non-hydrogen) atoms. The number of nitrogens with zero attached hydrogens (tertiary/aromatic N) is 3. The van der Waals surface area contributed by atoms with E-state index in [1.165, 1.54) is 23.0 Å². The van der Waals surface area contributed by atoms with Crippen molar-refractivity contribution in [2.45, 2.75) is 27.3 Å². The van der Waals surface area contributed by atoms with Gasteiger partial charge in [0.05, 0.1) is 6.54 Å². The van der Waals surface area contributed by atoms with Crippen LogP contribution in [-0.4, -0.2) is 14.5 Å². The largest absolute Gasteiger partial charge is 0.384 e. The fraction of sp³-hybridized carbons (Fsp3) is 0.308. The molecule has 0 spiro atoms. The number of rotatable bonds is 3. The van der Waals surface area contributed by atoms with E-state index in [0.29, 0.717) is 12.2 Å². The Balaban J connectivity index is 2.38. The molecule has 0 fully saturated rings. The molecule has 5 heteroatoms. The van der Waals surface area contributed by atoms with Gasteiger partial charge in [-0.1, -0.05) is 18.2 Å². The third-order valence-electron chi connectivity index (χ3n) is 3.22. The Kier molecular flexibility index (Phi) is 3.14. The van der Waals surface area contributed by atoms with Crippen molar-refractivity contribution in [3.05, 3.63) is 57.0 Å². The van der Waals surface area contributed by atoms with E-state index in [1.807, 2.05) is 36.6 Å². The minimum absolute atomic E-state index is 0.0683. The predicted octanol–water partition coefficient (Wildman–Crippen LogP) is 2.76. The molecule has 0 bridgehead atoms. The lowest BCUT2D eigenvalue weighted by Gasteiger charge is -2.10. The smallest absolute Gasteiger partial charge is 0.358 e. The van der Waals surface area contributed by atoms with Crippen LogP contribution in [0.25, 0.3) is 0 Å². The molecule has 94 valence electrons. The zero-order valence-corrected chi connectivity index (χ0v) is 10.7. The minimum Gasteiger partial charge on any atom is -0.358 e. The summed E-state index contributed by atoms with van der Waals surface area (Å²) in [5.41, 5.74) is 4.15. The molecular weight excluding hydrogens is 230 g/mol. The van der Waals surface area contributed by atoms with Gasteiger partial charge in [0, 0.05) is 0 Å². The molecule has 1 aromatic heterocycles. The van der Waals surface area contributed by atoms with Crippen LogP contribution in [-0.2, 0) is 6.54 Å². The maximum absolute atomic E-state index is 10.8. The highest BCUT2D eigenvalue weighted by Gasteiger charge is 2.18. The summed E-state index contributed by atoms with van der Waals surface area (Å²) in [5, 5.41) is 10.8. The van der Waals surface area contributed by atoms with Crippen molar-refractivity contribution in [3.63, 3.8) is 0 Å². The van der Waals surface area contributed by atoms with Gasteiger partial charge in [-0.25, -0.2) is 0 Å². The van der Waals surface area contributed by atoms with Gasteiger partial charge < -0.3 is 14.7 Å². The molecule has 0 saturated heterocycles. The molecule has 0 unspecified atom stereocenters. The van der Waals surface area contributed by atoms with Gasteiger partial charge in [-0.15, -0.1) is 0 Å². The zero-order chi connectivity index (χ0) is 13.3. The molecule has 2 rings (SSSR count). The molecule has 0 radical (unpaired) electrons. The summed E-state index contributed by atoms with van der Waals surface area (Å²) in [7, 11) is 0. The molecule has 5 nitrogen and oxygen atoms in total.